The number of aromatic nitrogens is 2. The van der Waals surface area contributed by atoms with Crippen LogP contribution in [-0.4, -0.2) is 27.7 Å². The van der Waals surface area contributed by atoms with E-state index in [1.54, 1.807) is 32.2 Å². The molecular formula is C22H22N4O5. The molecule has 0 radical (unpaired) electrons. The molecule has 31 heavy (non-hydrogen) atoms. The summed E-state index contributed by atoms with van der Waals surface area (Å²) >= 11 is 0. The second-order valence-electron chi connectivity index (χ2n) is 6.89. The summed E-state index contributed by atoms with van der Waals surface area (Å²) in [6, 6.07) is 15.0. The molecule has 0 spiro atoms. The number of para-hydroxylation sites is 1. The quantitative estimate of drug-likeness (QED) is 0.438. The van der Waals surface area contributed by atoms with Crippen molar-refractivity contribution in [3.63, 3.8) is 0 Å². The Morgan fingerprint density at radius 1 is 1.16 bits per heavy atom. The van der Waals surface area contributed by atoms with Gasteiger partial charge in [0.05, 0.1) is 17.7 Å². The van der Waals surface area contributed by atoms with Crippen molar-refractivity contribution in [1.82, 2.24) is 9.78 Å². The van der Waals surface area contributed by atoms with E-state index in [1.807, 2.05) is 24.3 Å². The number of nitrogens with zero attached hydrogens (tertiary/aromatic N) is 3. The highest BCUT2D eigenvalue weighted by molar-refractivity contribution is 5.94. The molecule has 3 rings (SSSR count). The highest BCUT2D eigenvalue weighted by Gasteiger charge is 2.17. The zero-order valence-electron chi connectivity index (χ0n) is 17.2. The maximum absolute atomic E-state index is 12.3. The Morgan fingerprint density at radius 2 is 1.90 bits per heavy atom. The fraction of sp³-hybridized carbons (Fsp3) is 0.227. The first-order chi connectivity index (χ1) is 14.9. The molecular weight excluding hydrogens is 400 g/mol. The third kappa shape index (κ3) is 5.33. The Hall–Kier alpha value is -4.01. The third-order valence-corrected chi connectivity index (χ3v) is 4.74. The Bertz CT molecular complexity index is 1160. The molecule has 3 aromatic rings. The van der Waals surface area contributed by atoms with Crippen LogP contribution in [-0.2, 0) is 11.3 Å². The maximum Gasteiger partial charge on any atom is 0.293 e. The number of ether oxygens (including phenoxy) is 1. The molecule has 0 bridgehead atoms. The van der Waals surface area contributed by atoms with Gasteiger partial charge in [-0.2, -0.15) is 5.10 Å². The summed E-state index contributed by atoms with van der Waals surface area (Å²) in [6.07, 6.45) is 0.441. The Morgan fingerprint density at radius 3 is 2.58 bits per heavy atom. The lowest BCUT2D eigenvalue weighted by Crippen LogP contribution is -2.23. The predicted octanol–water partition coefficient (Wildman–Crippen LogP) is 3.55. The van der Waals surface area contributed by atoms with E-state index in [-0.39, 0.29) is 35.8 Å². The molecule has 1 aromatic heterocycles. The molecule has 0 saturated heterocycles. The topological polar surface area (TPSA) is 116 Å². The number of rotatable bonds is 8. The van der Waals surface area contributed by atoms with Gasteiger partial charge in [0.15, 0.2) is 0 Å². The molecule has 1 heterocycles. The summed E-state index contributed by atoms with van der Waals surface area (Å²) in [6.45, 7) is 1.93. The van der Waals surface area contributed by atoms with Crippen molar-refractivity contribution in [3.8, 4) is 17.0 Å². The van der Waals surface area contributed by atoms with Gasteiger partial charge in [-0.05, 0) is 49.2 Å². The lowest BCUT2D eigenvalue weighted by atomic mass is 10.1. The van der Waals surface area contributed by atoms with Crippen LogP contribution in [0.5, 0.6) is 5.75 Å². The molecule has 0 saturated carbocycles. The highest BCUT2D eigenvalue weighted by atomic mass is 16.6. The van der Waals surface area contributed by atoms with Gasteiger partial charge in [-0.15, -0.1) is 0 Å². The van der Waals surface area contributed by atoms with Crippen LogP contribution in [0.15, 0.2) is 59.4 Å². The molecule has 0 atom stereocenters. The summed E-state index contributed by atoms with van der Waals surface area (Å²) in [7, 11) is 1.58. The molecule has 0 fully saturated rings. The van der Waals surface area contributed by atoms with Gasteiger partial charge in [0.2, 0.25) is 5.91 Å². The van der Waals surface area contributed by atoms with Crippen LogP contribution in [0, 0.1) is 17.0 Å². The summed E-state index contributed by atoms with van der Waals surface area (Å²) in [5.74, 6) is 0.355. The number of methoxy groups -OCH3 is 1. The number of hydrogen-bond donors (Lipinski definition) is 1. The number of hydrogen-bond acceptors (Lipinski definition) is 6. The first-order valence-corrected chi connectivity index (χ1v) is 9.65. The minimum absolute atomic E-state index is 0.0897. The summed E-state index contributed by atoms with van der Waals surface area (Å²) in [5.41, 5.74) is 1.83. The lowest BCUT2D eigenvalue weighted by Gasteiger charge is -2.10. The number of anilines is 1. The Balaban J connectivity index is 1.65. The van der Waals surface area contributed by atoms with Crippen molar-refractivity contribution in [3.05, 3.63) is 80.6 Å². The van der Waals surface area contributed by atoms with Crippen LogP contribution in [0.25, 0.3) is 11.3 Å². The Kier molecular flexibility index (Phi) is 6.76. The number of amides is 1. The molecule has 9 heteroatoms. The van der Waals surface area contributed by atoms with Crippen molar-refractivity contribution < 1.29 is 14.5 Å². The first kappa shape index (κ1) is 21.7. The number of nitrogens with one attached hydrogen (secondary N) is 1. The van der Waals surface area contributed by atoms with Crippen molar-refractivity contribution in [2.24, 2.45) is 0 Å². The fourth-order valence-corrected chi connectivity index (χ4v) is 3.08. The van der Waals surface area contributed by atoms with Crippen molar-refractivity contribution >= 4 is 17.3 Å². The maximum atomic E-state index is 12.3. The molecule has 0 aliphatic rings. The average molecular weight is 422 g/mol. The molecule has 1 amide bonds. The molecule has 0 aliphatic carbocycles. The minimum atomic E-state index is -0.531. The van der Waals surface area contributed by atoms with Crippen LogP contribution >= 0.6 is 0 Å². The highest BCUT2D eigenvalue weighted by Crippen LogP contribution is 2.27. The molecule has 160 valence electrons. The normalized spacial score (nSPS) is 10.5. The van der Waals surface area contributed by atoms with E-state index in [9.17, 15) is 19.7 Å². The van der Waals surface area contributed by atoms with Gasteiger partial charge < -0.3 is 10.1 Å². The van der Waals surface area contributed by atoms with Gasteiger partial charge in [-0.25, -0.2) is 4.68 Å². The molecule has 9 nitrogen and oxygen atoms in total. The van der Waals surface area contributed by atoms with E-state index in [4.69, 9.17) is 4.74 Å². The van der Waals surface area contributed by atoms with Crippen LogP contribution < -0.4 is 15.6 Å². The van der Waals surface area contributed by atoms with Gasteiger partial charge in [0, 0.05) is 30.7 Å². The van der Waals surface area contributed by atoms with E-state index < -0.39 is 4.92 Å². The molecule has 2 aromatic carbocycles. The van der Waals surface area contributed by atoms with E-state index in [0.29, 0.717) is 17.7 Å². The Labute approximate surface area is 178 Å². The summed E-state index contributed by atoms with van der Waals surface area (Å²) < 4.78 is 6.45. The van der Waals surface area contributed by atoms with Crippen LogP contribution in [0.3, 0.4) is 0 Å². The largest absolute Gasteiger partial charge is 0.497 e. The molecule has 1 N–H and O–H groups in total. The number of aryl methyl sites for hydroxylation is 2. The van der Waals surface area contributed by atoms with E-state index in [1.165, 1.54) is 16.8 Å². The zero-order chi connectivity index (χ0) is 22.4. The SMILES string of the molecule is COc1ccc(-c2ccc(=O)n(CCCC(=O)Nc3c(C)cccc3[N+](=O)[O-])n2)cc1. The van der Waals surface area contributed by atoms with Crippen molar-refractivity contribution in [1.29, 1.82) is 0 Å². The smallest absolute Gasteiger partial charge is 0.293 e. The lowest BCUT2D eigenvalue weighted by molar-refractivity contribution is -0.384. The van der Waals surface area contributed by atoms with Gasteiger partial charge in [0.25, 0.3) is 11.2 Å². The minimum Gasteiger partial charge on any atom is -0.497 e. The monoisotopic (exact) mass is 422 g/mol. The van der Waals surface area contributed by atoms with Crippen LogP contribution in [0.1, 0.15) is 18.4 Å². The van der Waals surface area contributed by atoms with Gasteiger partial charge in [-0.3, -0.25) is 19.7 Å². The van der Waals surface area contributed by atoms with Gasteiger partial charge in [-0.1, -0.05) is 12.1 Å². The van der Waals surface area contributed by atoms with E-state index >= 15 is 0 Å². The second-order valence-corrected chi connectivity index (χ2v) is 6.89. The number of nitro benzene ring substituents is 1. The number of carbonyl (C=O) groups excluding carboxylic acids is 1. The summed E-state index contributed by atoms with van der Waals surface area (Å²) in [4.78, 5) is 35.1. The average Bonchev–Trinajstić information content (AvgIpc) is 2.76. The molecule has 0 aliphatic heterocycles. The number of nitro groups is 1. The standard InChI is InChI=1S/C22H22N4O5/c1-15-5-3-6-19(26(29)30)22(15)23-20(27)7-4-14-25-21(28)13-12-18(24-25)16-8-10-17(31-2)11-9-16/h3,5-6,8-13H,4,7,14H2,1-2H3,(H,23,27). The second kappa shape index (κ2) is 9.66. The number of benzene rings is 2. The van der Waals surface area contributed by atoms with E-state index in [0.717, 1.165) is 11.3 Å². The van der Waals surface area contributed by atoms with Crippen molar-refractivity contribution in [2.75, 3.05) is 12.4 Å². The van der Waals surface area contributed by atoms with Crippen LogP contribution in [0.2, 0.25) is 0 Å². The zero-order valence-corrected chi connectivity index (χ0v) is 17.2. The first-order valence-electron chi connectivity index (χ1n) is 9.65. The fourth-order valence-electron chi connectivity index (χ4n) is 3.08. The van der Waals surface area contributed by atoms with Gasteiger partial charge in [0.1, 0.15) is 11.4 Å². The predicted molar refractivity (Wildman–Crippen MR) is 116 cm³/mol. The van der Waals surface area contributed by atoms with E-state index in [2.05, 4.69) is 10.4 Å². The number of carbonyl (C=O) groups is 1. The third-order valence-electron chi connectivity index (χ3n) is 4.74. The summed E-state index contributed by atoms with van der Waals surface area (Å²) in [5, 5.41) is 18.2. The van der Waals surface area contributed by atoms with Gasteiger partial charge >= 0.3 is 0 Å². The van der Waals surface area contributed by atoms with Crippen molar-refractivity contribution in [2.45, 2.75) is 26.3 Å². The molecule has 0 unspecified atom stereocenters. The van der Waals surface area contributed by atoms with Crippen LogP contribution in [0.4, 0.5) is 11.4 Å².